The molecule has 34 heavy (non-hydrogen) atoms. The van der Waals surface area contributed by atoms with E-state index >= 15 is 0 Å². The molecule has 2 aliphatic rings. The van der Waals surface area contributed by atoms with Crippen molar-refractivity contribution in [1.82, 2.24) is 4.90 Å². The number of cyclic esters (lactones) is 1. The average Bonchev–Trinajstić information content (AvgIpc) is 2.86. The van der Waals surface area contributed by atoms with Crippen LogP contribution in [-0.4, -0.2) is 49.7 Å². The van der Waals surface area contributed by atoms with Crippen molar-refractivity contribution in [2.24, 2.45) is 5.41 Å². The first-order valence-corrected chi connectivity index (χ1v) is 12.1. The Kier molecular flexibility index (Phi) is 8.03. The Morgan fingerprint density at radius 2 is 1.71 bits per heavy atom. The number of nitrogens with zero attached hydrogens (tertiary/aromatic N) is 1. The van der Waals surface area contributed by atoms with Crippen LogP contribution in [0.3, 0.4) is 0 Å². The van der Waals surface area contributed by atoms with Crippen LogP contribution < -0.4 is 9.47 Å². The summed E-state index contributed by atoms with van der Waals surface area (Å²) in [4.78, 5) is 27.5. The Morgan fingerprint density at radius 3 is 2.50 bits per heavy atom. The highest BCUT2D eigenvalue weighted by atomic mass is 19.1. The molecule has 2 aliphatic heterocycles. The minimum absolute atomic E-state index is 0.00323. The van der Waals surface area contributed by atoms with Gasteiger partial charge in [-0.2, -0.15) is 0 Å². The van der Waals surface area contributed by atoms with Crippen LogP contribution in [0.5, 0.6) is 11.5 Å². The highest BCUT2D eigenvalue weighted by molar-refractivity contribution is 5.79. The van der Waals surface area contributed by atoms with Crippen molar-refractivity contribution in [3.8, 4) is 11.5 Å². The van der Waals surface area contributed by atoms with Crippen molar-refractivity contribution in [1.29, 1.82) is 0 Å². The SMILES string of the molecule is O=C(CCOc1ccc(F)cc1)N1CCC2(CCCCc3ccccc3OCCOC2=O)CC1. The molecule has 0 bridgehead atoms. The molecule has 0 saturated carbocycles. The zero-order valence-electron chi connectivity index (χ0n) is 19.5. The second-order valence-corrected chi connectivity index (χ2v) is 9.01. The van der Waals surface area contributed by atoms with Gasteiger partial charge < -0.3 is 19.1 Å². The second-order valence-electron chi connectivity index (χ2n) is 9.01. The van der Waals surface area contributed by atoms with Crippen LogP contribution >= 0.6 is 0 Å². The Hall–Kier alpha value is -3.09. The summed E-state index contributed by atoms with van der Waals surface area (Å²) in [6, 6.07) is 13.8. The van der Waals surface area contributed by atoms with Gasteiger partial charge in [-0.05, 0) is 68.0 Å². The van der Waals surface area contributed by atoms with Crippen LogP contribution in [0.4, 0.5) is 4.39 Å². The molecule has 182 valence electrons. The normalized spacial score (nSPS) is 18.6. The molecule has 1 amide bonds. The van der Waals surface area contributed by atoms with Crippen LogP contribution in [0.25, 0.3) is 0 Å². The molecule has 0 atom stereocenters. The lowest BCUT2D eigenvalue weighted by Crippen LogP contribution is -2.47. The zero-order chi connectivity index (χ0) is 23.8. The number of ether oxygens (including phenoxy) is 3. The number of fused-ring (bicyclic) bond motifs is 1. The van der Waals surface area contributed by atoms with E-state index in [-0.39, 0.29) is 37.3 Å². The highest BCUT2D eigenvalue weighted by Gasteiger charge is 2.43. The number of amides is 1. The average molecular weight is 470 g/mol. The number of hydrogen-bond acceptors (Lipinski definition) is 5. The maximum atomic E-state index is 13.1. The summed E-state index contributed by atoms with van der Waals surface area (Å²) >= 11 is 0. The second kappa shape index (κ2) is 11.4. The van der Waals surface area contributed by atoms with E-state index in [1.54, 1.807) is 12.1 Å². The van der Waals surface area contributed by atoms with Crippen molar-refractivity contribution in [2.75, 3.05) is 32.9 Å². The summed E-state index contributed by atoms with van der Waals surface area (Å²) in [5.74, 6) is 0.909. The van der Waals surface area contributed by atoms with Gasteiger partial charge in [-0.1, -0.05) is 24.6 Å². The molecule has 1 fully saturated rings. The minimum atomic E-state index is -0.542. The van der Waals surface area contributed by atoms with Gasteiger partial charge in [0.1, 0.15) is 30.5 Å². The van der Waals surface area contributed by atoms with Crippen molar-refractivity contribution in [3.05, 3.63) is 59.9 Å². The molecule has 0 unspecified atom stereocenters. The van der Waals surface area contributed by atoms with Gasteiger partial charge in [0.25, 0.3) is 0 Å². The third-order valence-corrected chi connectivity index (χ3v) is 6.80. The van der Waals surface area contributed by atoms with Crippen LogP contribution in [0.15, 0.2) is 48.5 Å². The maximum Gasteiger partial charge on any atom is 0.312 e. The largest absolute Gasteiger partial charge is 0.493 e. The van der Waals surface area contributed by atoms with E-state index in [1.165, 1.54) is 17.7 Å². The van der Waals surface area contributed by atoms with Crippen LogP contribution in [0.1, 0.15) is 44.1 Å². The van der Waals surface area contributed by atoms with Crippen molar-refractivity contribution in [3.63, 3.8) is 0 Å². The number of halogens is 1. The van der Waals surface area contributed by atoms with Crippen molar-refractivity contribution in [2.45, 2.75) is 44.9 Å². The van der Waals surface area contributed by atoms with E-state index in [9.17, 15) is 14.0 Å². The number of likely N-dealkylation sites (tertiary alicyclic amines) is 1. The van der Waals surface area contributed by atoms with E-state index in [0.717, 1.165) is 31.4 Å². The number of carbonyl (C=O) groups excluding carboxylic acids is 2. The minimum Gasteiger partial charge on any atom is -0.493 e. The molecule has 6 nitrogen and oxygen atoms in total. The number of carbonyl (C=O) groups is 2. The Balaban J connectivity index is 1.29. The molecule has 1 spiro atoms. The predicted molar refractivity (Wildman–Crippen MR) is 125 cm³/mol. The third-order valence-electron chi connectivity index (χ3n) is 6.80. The summed E-state index contributed by atoms with van der Waals surface area (Å²) in [5, 5.41) is 0. The molecule has 4 rings (SSSR count). The summed E-state index contributed by atoms with van der Waals surface area (Å²) in [7, 11) is 0. The molecule has 0 radical (unpaired) electrons. The lowest BCUT2D eigenvalue weighted by molar-refractivity contribution is -0.162. The number of rotatable bonds is 4. The van der Waals surface area contributed by atoms with E-state index < -0.39 is 5.41 Å². The molecular weight excluding hydrogens is 437 g/mol. The zero-order valence-corrected chi connectivity index (χ0v) is 19.5. The van der Waals surface area contributed by atoms with Crippen LogP contribution in [-0.2, 0) is 20.7 Å². The van der Waals surface area contributed by atoms with E-state index in [1.807, 2.05) is 23.1 Å². The fraction of sp³-hybridized carbons (Fsp3) is 0.481. The molecule has 2 aromatic rings. The van der Waals surface area contributed by atoms with E-state index in [0.29, 0.717) is 38.3 Å². The first-order chi connectivity index (χ1) is 16.6. The highest BCUT2D eigenvalue weighted by Crippen LogP contribution is 2.39. The quantitative estimate of drug-likeness (QED) is 0.615. The van der Waals surface area contributed by atoms with Gasteiger partial charge in [0.2, 0.25) is 5.91 Å². The lowest BCUT2D eigenvalue weighted by atomic mass is 9.74. The third kappa shape index (κ3) is 6.07. The Bertz CT molecular complexity index is 969. The molecule has 2 aromatic carbocycles. The van der Waals surface area contributed by atoms with Crippen LogP contribution in [0, 0.1) is 11.2 Å². The van der Waals surface area contributed by atoms with Gasteiger partial charge in [0.05, 0.1) is 18.4 Å². The van der Waals surface area contributed by atoms with Gasteiger partial charge in [-0.3, -0.25) is 9.59 Å². The van der Waals surface area contributed by atoms with Gasteiger partial charge >= 0.3 is 5.97 Å². The van der Waals surface area contributed by atoms with Gasteiger partial charge in [0.15, 0.2) is 0 Å². The summed E-state index contributed by atoms with van der Waals surface area (Å²) in [6.07, 6.45) is 5.03. The first kappa shape index (κ1) is 24.0. The van der Waals surface area contributed by atoms with Crippen molar-refractivity contribution < 1.29 is 28.2 Å². The Labute approximate surface area is 200 Å². The standard InChI is InChI=1S/C27H32FNO5/c28-22-8-10-23(11-9-22)32-18-12-25(30)29-16-14-27(15-17-29)13-4-3-6-21-5-1-2-7-24(21)33-19-20-34-26(27)31/h1-2,5,7-11H,3-4,6,12-20H2. The lowest BCUT2D eigenvalue weighted by Gasteiger charge is -2.40. The summed E-state index contributed by atoms with van der Waals surface area (Å²) in [6.45, 7) is 1.85. The number of benzene rings is 2. The number of piperidine rings is 1. The molecule has 1 saturated heterocycles. The maximum absolute atomic E-state index is 13.1. The molecule has 7 heteroatoms. The number of esters is 1. The summed E-state index contributed by atoms with van der Waals surface area (Å²) < 4.78 is 30.0. The van der Waals surface area contributed by atoms with Crippen LogP contribution in [0.2, 0.25) is 0 Å². The molecule has 0 aliphatic carbocycles. The smallest absolute Gasteiger partial charge is 0.312 e. The topological polar surface area (TPSA) is 65.1 Å². The number of para-hydroxylation sites is 1. The van der Waals surface area contributed by atoms with Gasteiger partial charge in [-0.15, -0.1) is 0 Å². The number of hydrogen-bond donors (Lipinski definition) is 0. The van der Waals surface area contributed by atoms with Gasteiger partial charge in [-0.25, -0.2) is 4.39 Å². The molecule has 0 N–H and O–H groups in total. The fourth-order valence-electron chi connectivity index (χ4n) is 4.75. The van der Waals surface area contributed by atoms with E-state index in [4.69, 9.17) is 14.2 Å². The number of aryl methyl sites for hydroxylation is 1. The van der Waals surface area contributed by atoms with Gasteiger partial charge in [0, 0.05) is 13.1 Å². The monoisotopic (exact) mass is 469 g/mol. The Morgan fingerprint density at radius 1 is 0.971 bits per heavy atom. The molecular formula is C27H32FNO5. The van der Waals surface area contributed by atoms with Crippen molar-refractivity contribution >= 4 is 11.9 Å². The summed E-state index contributed by atoms with van der Waals surface area (Å²) in [5.41, 5.74) is 0.645. The fourth-order valence-corrected chi connectivity index (χ4v) is 4.75. The molecule has 0 aromatic heterocycles. The molecule has 2 heterocycles. The predicted octanol–water partition coefficient (Wildman–Crippen LogP) is 4.55. The first-order valence-electron chi connectivity index (χ1n) is 12.1. The van der Waals surface area contributed by atoms with E-state index in [2.05, 4.69) is 6.07 Å².